The van der Waals surface area contributed by atoms with E-state index in [9.17, 15) is 4.39 Å². The van der Waals surface area contributed by atoms with E-state index in [1.165, 1.54) is 6.42 Å². The minimum absolute atomic E-state index is 0.0929. The van der Waals surface area contributed by atoms with E-state index in [4.69, 9.17) is 0 Å². The monoisotopic (exact) mass is 278 g/mol. The molecule has 1 heterocycles. The van der Waals surface area contributed by atoms with E-state index in [-0.39, 0.29) is 11.9 Å². The molecule has 1 atom stereocenters. The van der Waals surface area contributed by atoms with Gasteiger partial charge in [0.1, 0.15) is 5.82 Å². The lowest BCUT2D eigenvalue weighted by Gasteiger charge is -2.41. The number of nitrogens with one attached hydrogen (secondary N) is 1. The van der Waals surface area contributed by atoms with Crippen LogP contribution in [0.2, 0.25) is 0 Å². The molecule has 1 unspecified atom stereocenters. The predicted molar refractivity (Wildman–Crippen MR) is 83.7 cm³/mol. The highest BCUT2D eigenvalue weighted by Crippen LogP contribution is 2.38. The summed E-state index contributed by atoms with van der Waals surface area (Å²) in [6.45, 7) is 8.60. The van der Waals surface area contributed by atoms with Crippen LogP contribution in [-0.4, -0.2) is 20.1 Å². The summed E-state index contributed by atoms with van der Waals surface area (Å²) >= 11 is 0. The molecule has 1 aromatic rings. The molecule has 0 bridgehead atoms. The Kier molecular flexibility index (Phi) is 4.69. The summed E-state index contributed by atoms with van der Waals surface area (Å²) in [7, 11) is 1.92. The Morgan fingerprint density at radius 3 is 2.55 bits per heavy atom. The second-order valence-electron chi connectivity index (χ2n) is 6.34. The van der Waals surface area contributed by atoms with E-state index in [2.05, 4.69) is 31.0 Å². The van der Waals surface area contributed by atoms with Gasteiger partial charge in [-0.2, -0.15) is 0 Å². The predicted octanol–water partition coefficient (Wildman–Crippen LogP) is 4.12. The molecule has 112 valence electrons. The maximum absolute atomic E-state index is 14.3. The zero-order chi connectivity index (χ0) is 14.8. The number of anilines is 1. The summed E-state index contributed by atoms with van der Waals surface area (Å²) in [5.41, 5.74) is 2.29. The Balaban J connectivity index is 2.25. The van der Waals surface area contributed by atoms with Gasteiger partial charge < -0.3 is 10.2 Å². The van der Waals surface area contributed by atoms with Gasteiger partial charge in [-0.05, 0) is 43.9 Å². The molecule has 2 nitrogen and oxygen atoms in total. The molecule has 0 spiro atoms. The van der Waals surface area contributed by atoms with Crippen molar-refractivity contribution >= 4 is 5.69 Å². The standard InChI is InChI=1S/C17H27FN2/c1-5-17(3)9-11-20(12-10-17)16-14(13(2)19-4)7-6-8-15(16)18/h6-8,13,19H,5,9-12H2,1-4H3. The van der Waals surface area contributed by atoms with Crippen molar-refractivity contribution in [2.45, 2.75) is 46.1 Å². The second kappa shape index (κ2) is 6.13. The third-order valence-corrected chi connectivity index (χ3v) is 5.06. The molecule has 3 heteroatoms. The molecule has 1 N–H and O–H groups in total. The van der Waals surface area contributed by atoms with Crippen molar-refractivity contribution in [3.63, 3.8) is 0 Å². The average Bonchev–Trinajstić information content (AvgIpc) is 2.47. The number of hydrogen-bond donors (Lipinski definition) is 1. The fraction of sp³-hybridized carbons (Fsp3) is 0.647. The third kappa shape index (κ3) is 2.98. The van der Waals surface area contributed by atoms with Crippen molar-refractivity contribution in [1.82, 2.24) is 5.32 Å². The number of nitrogens with zero attached hydrogens (tertiary/aromatic N) is 1. The first-order valence-electron chi connectivity index (χ1n) is 7.71. The molecule has 1 aliphatic rings. The summed E-state index contributed by atoms with van der Waals surface area (Å²) in [6, 6.07) is 5.59. The average molecular weight is 278 g/mol. The first-order valence-corrected chi connectivity index (χ1v) is 7.71. The first kappa shape index (κ1) is 15.3. The highest BCUT2D eigenvalue weighted by molar-refractivity contribution is 5.56. The largest absolute Gasteiger partial charge is 0.369 e. The molecule has 1 aliphatic heterocycles. The van der Waals surface area contributed by atoms with E-state index in [0.29, 0.717) is 5.41 Å². The van der Waals surface area contributed by atoms with Crippen molar-refractivity contribution in [3.8, 4) is 0 Å². The van der Waals surface area contributed by atoms with Crippen LogP contribution in [0, 0.1) is 11.2 Å². The maximum Gasteiger partial charge on any atom is 0.146 e. The second-order valence-corrected chi connectivity index (χ2v) is 6.34. The van der Waals surface area contributed by atoms with Gasteiger partial charge in [-0.3, -0.25) is 0 Å². The summed E-state index contributed by atoms with van der Waals surface area (Å²) in [4.78, 5) is 2.23. The van der Waals surface area contributed by atoms with Crippen molar-refractivity contribution in [2.24, 2.45) is 5.41 Å². The molecule has 20 heavy (non-hydrogen) atoms. The zero-order valence-corrected chi connectivity index (χ0v) is 13.2. The fourth-order valence-corrected chi connectivity index (χ4v) is 2.99. The normalized spacial score (nSPS) is 19.9. The third-order valence-electron chi connectivity index (χ3n) is 5.06. The molecule has 0 saturated carbocycles. The molecule has 0 aliphatic carbocycles. The molecule has 2 rings (SSSR count). The van der Waals surface area contributed by atoms with Crippen LogP contribution in [0.1, 0.15) is 51.6 Å². The van der Waals surface area contributed by atoms with Gasteiger partial charge in [0.15, 0.2) is 0 Å². The summed E-state index contributed by atoms with van der Waals surface area (Å²) in [5.74, 6) is -0.0929. The Bertz CT molecular complexity index is 450. The van der Waals surface area contributed by atoms with Crippen LogP contribution in [0.4, 0.5) is 10.1 Å². The van der Waals surface area contributed by atoms with Crippen LogP contribution < -0.4 is 10.2 Å². The number of hydrogen-bond acceptors (Lipinski definition) is 2. The number of para-hydroxylation sites is 1. The number of piperidine rings is 1. The van der Waals surface area contributed by atoms with Gasteiger partial charge in [0.2, 0.25) is 0 Å². The van der Waals surface area contributed by atoms with Crippen LogP contribution in [0.25, 0.3) is 0 Å². The molecule has 0 amide bonds. The summed E-state index contributed by atoms with van der Waals surface area (Å²) < 4.78 is 14.3. The fourth-order valence-electron chi connectivity index (χ4n) is 2.99. The van der Waals surface area contributed by atoms with Crippen molar-refractivity contribution < 1.29 is 4.39 Å². The van der Waals surface area contributed by atoms with Crippen LogP contribution in [0.15, 0.2) is 18.2 Å². The maximum atomic E-state index is 14.3. The van der Waals surface area contributed by atoms with E-state index in [1.54, 1.807) is 6.07 Å². The van der Waals surface area contributed by atoms with E-state index in [0.717, 1.165) is 37.2 Å². The minimum atomic E-state index is -0.0929. The SMILES string of the molecule is CCC1(C)CCN(c2c(F)cccc2C(C)NC)CC1. The van der Waals surface area contributed by atoms with E-state index in [1.807, 2.05) is 19.2 Å². The lowest BCUT2D eigenvalue weighted by atomic mass is 9.78. The Labute approximate surface area is 122 Å². The minimum Gasteiger partial charge on any atom is -0.369 e. The molecule has 1 aromatic carbocycles. The van der Waals surface area contributed by atoms with E-state index >= 15 is 0 Å². The van der Waals surface area contributed by atoms with Gasteiger partial charge in [0, 0.05) is 19.1 Å². The van der Waals surface area contributed by atoms with Gasteiger partial charge >= 0.3 is 0 Å². The summed E-state index contributed by atoms with van der Waals surface area (Å²) in [5, 5.41) is 3.22. The topological polar surface area (TPSA) is 15.3 Å². The molecular weight excluding hydrogens is 251 g/mol. The highest BCUT2D eigenvalue weighted by atomic mass is 19.1. The van der Waals surface area contributed by atoms with Gasteiger partial charge in [-0.15, -0.1) is 0 Å². The van der Waals surface area contributed by atoms with Gasteiger partial charge in [0.05, 0.1) is 5.69 Å². The van der Waals surface area contributed by atoms with Crippen molar-refractivity contribution in [1.29, 1.82) is 0 Å². The quantitative estimate of drug-likeness (QED) is 0.891. The first-order chi connectivity index (χ1) is 9.50. The Morgan fingerprint density at radius 1 is 1.35 bits per heavy atom. The van der Waals surface area contributed by atoms with Gasteiger partial charge in [-0.25, -0.2) is 4.39 Å². The molecule has 1 fully saturated rings. The number of halogens is 1. The van der Waals surface area contributed by atoms with Gasteiger partial charge in [-0.1, -0.05) is 32.4 Å². The van der Waals surface area contributed by atoms with Crippen LogP contribution >= 0.6 is 0 Å². The van der Waals surface area contributed by atoms with E-state index < -0.39 is 0 Å². The number of rotatable bonds is 4. The van der Waals surface area contributed by atoms with Crippen LogP contribution in [0.3, 0.4) is 0 Å². The molecule has 0 radical (unpaired) electrons. The van der Waals surface area contributed by atoms with Crippen molar-refractivity contribution in [2.75, 3.05) is 25.0 Å². The molecular formula is C17H27FN2. The van der Waals surface area contributed by atoms with Crippen LogP contribution in [-0.2, 0) is 0 Å². The zero-order valence-electron chi connectivity index (χ0n) is 13.2. The van der Waals surface area contributed by atoms with Gasteiger partial charge in [0.25, 0.3) is 0 Å². The highest BCUT2D eigenvalue weighted by Gasteiger charge is 2.30. The Hall–Kier alpha value is -1.09. The smallest absolute Gasteiger partial charge is 0.146 e. The van der Waals surface area contributed by atoms with Crippen LogP contribution in [0.5, 0.6) is 0 Å². The lowest BCUT2D eigenvalue weighted by Crippen LogP contribution is -2.39. The molecule has 1 saturated heterocycles. The summed E-state index contributed by atoms with van der Waals surface area (Å²) in [6.07, 6.45) is 3.49. The number of benzene rings is 1. The van der Waals surface area contributed by atoms with Crippen molar-refractivity contribution in [3.05, 3.63) is 29.6 Å². The lowest BCUT2D eigenvalue weighted by molar-refractivity contribution is 0.237. The molecule has 0 aromatic heterocycles. The Morgan fingerprint density at radius 2 is 2.00 bits per heavy atom.